The van der Waals surface area contributed by atoms with E-state index in [0.717, 1.165) is 14.7 Å². The van der Waals surface area contributed by atoms with Crippen molar-refractivity contribution in [2.24, 2.45) is 0 Å². The third kappa shape index (κ3) is 6.58. The minimum atomic E-state index is -0.570. The number of anilines is 1. The number of phenolic OH excluding ortho intramolecular Hbond substituents is 1. The first-order valence-corrected chi connectivity index (χ1v) is 11.6. The molecule has 31 heavy (non-hydrogen) atoms. The molecule has 0 aromatic heterocycles. The van der Waals surface area contributed by atoms with Crippen molar-refractivity contribution >= 4 is 80.0 Å². The molecule has 0 aliphatic rings. The van der Waals surface area contributed by atoms with Crippen LogP contribution in [0.1, 0.15) is 34.4 Å². The predicted octanol–water partition coefficient (Wildman–Crippen LogP) is 4.24. The average molecular weight is 703 g/mol. The largest absolute Gasteiger partial charge is 1.00 e. The Kier molecular flexibility index (Phi) is 10.6. The van der Waals surface area contributed by atoms with Gasteiger partial charge in [0.25, 0.3) is 5.91 Å². The summed E-state index contributed by atoms with van der Waals surface area (Å²) in [6, 6.07) is 16.1. The quantitative estimate of drug-likeness (QED) is 0.316. The van der Waals surface area contributed by atoms with Crippen LogP contribution in [0.2, 0.25) is 10.0 Å². The monoisotopic (exact) mass is 702 g/mol. The number of aromatic hydroxyl groups is 1. The third-order valence-corrected chi connectivity index (χ3v) is 6.53. The Morgan fingerprint density at radius 2 is 1.81 bits per heavy atom. The molecule has 0 saturated carbocycles. The predicted molar refractivity (Wildman–Crippen MR) is 138 cm³/mol. The molecule has 1 unspecified atom stereocenters. The van der Waals surface area contributed by atoms with Gasteiger partial charge in [0.15, 0.2) is 0 Å². The Balaban J connectivity index is 0.00000256. The number of phenols is 1. The molecule has 0 spiro atoms. The van der Waals surface area contributed by atoms with Crippen molar-refractivity contribution in [3.63, 3.8) is 0 Å². The number of nitriles is 1. The van der Waals surface area contributed by atoms with Gasteiger partial charge in [-0.15, -0.1) is 0 Å². The number of carbonyl (C=O) groups excluding carboxylic acids is 1. The smallest absolute Gasteiger partial charge is 1.00 e. The number of aryl methyl sites for hydroxylation is 1. The fourth-order valence-electron chi connectivity index (χ4n) is 2.97. The molecular formula is C22H15Cl2I2KN2O2. The molecule has 0 aliphatic carbocycles. The van der Waals surface area contributed by atoms with Gasteiger partial charge in [0.05, 0.1) is 21.1 Å². The summed E-state index contributed by atoms with van der Waals surface area (Å²) < 4.78 is 1.43. The van der Waals surface area contributed by atoms with Crippen LogP contribution in [0.25, 0.3) is 0 Å². The normalized spacial score (nSPS) is 11.2. The van der Waals surface area contributed by atoms with Crippen molar-refractivity contribution in [1.29, 1.82) is 5.26 Å². The van der Waals surface area contributed by atoms with Gasteiger partial charge >= 0.3 is 51.4 Å². The first-order chi connectivity index (χ1) is 14.2. The standard InChI is InChI=1S/C22H14Cl2I2N2O2.K.H/c1-11-6-15(17(10-27)12-2-4-13(23)5-3-12)18(24)9-20(11)28-22(30)16-7-14(25)8-19(26)21(16)29;;/h2-9,17,29H,1H3,(H,28,30);;/q;+1;-1. The van der Waals surface area contributed by atoms with E-state index in [1.165, 1.54) is 0 Å². The van der Waals surface area contributed by atoms with Crippen molar-refractivity contribution in [2.75, 3.05) is 5.32 Å². The molecule has 2 N–H and O–H groups in total. The van der Waals surface area contributed by atoms with Crippen LogP contribution in [-0.4, -0.2) is 11.0 Å². The Hall–Kier alpha value is 0.0964. The van der Waals surface area contributed by atoms with Gasteiger partial charge in [-0.05, 0) is 99.1 Å². The molecule has 3 rings (SSSR count). The van der Waals surface area contributed by atoms with E-state index in [1.807, 2.05) is 29.5 Å². The summed E-state index contributed by atoms with van der Waals surface area (Å²) in [5, 5.41) is 23.7. The second kappa shape index (κ2) is 12.0. The van der Waals surface area contributed by atoms with E-state index in [1.54, 1.807) is 48.5 Å². The number of hydrogen-bond acceptors (Lipinski definition) is 3. The number of amides is 1. The van der Waals surface area contributed by atoms with Gasteiger partial charge in [-0.2, -0.15) is 5.26 Å². The molecule has 0 heterocycles. The van der Waals surface area contributed by atoms with Gasteiger partial charge in [-0.3, -0.25) is 4.79 Å². The topological polar surface area (TPSA) is 73.1 Å². The molecule has 154 valence electrons. The van der Waals surface area contributed by atoms with Gasteiger partial charge in [0.2, 0.25) is 0 Å². The zero-order chi connectivity index (χ0) is 22.0. The van der Waals surface area contributed by atoms with Crippen LogP contribution < -0.4 is 56.7 Å². The summed E-state index contributed by atoms with van der Waals surface area (Å²) in [6.45, 7) is 1.82. The maximum atomic E-state index is 12.7. The number of nitrogens with one attached hydrogen (secondary N) is 1. The number of nitrogens with zero attached hydrogens (tertiary/aromatic N) is 1. The van der Waals surface area contributed by atoms with Crippen LogP contribution in [0.3, 0.4) is 0 Å². The second-order valence-electron chi connectivity index (χ2n) is 6.54. The van der Waals surface area contributed by atoms with Gasteiger partial charge in [-0.1, -0.05) is 41.4 Å². The molecule has 3 aromatic rings. The summed E-state index contributed by atoms with van der Waals surface area (Å²) in [7, 11) is 0. The van der Waals surface area contributed by atoms with Crippen molar-refractivity contribution in [3.8, 4) is 11.8 Å². The Morgan fingerprint density at radius 3 is 2.42 bits per heavy atom. The molecule has 1 atom stereocenters. The number of benzene rings is 3. The minimum Gasteiger partial charge on any atom is -1.00 e. The zero-order valence-corrected chi connectivity index (χ0v) is 25.5. The maximum Gasteiger partial charge on any atom is 1.00 e. The van der Waals surface area contributed by atoms with Crippen LogP contribution >= 0.6 is 68.4 Å². The Bertz CT molecular complexity index is 1190. The van der Waals surface area contributed by atoms with Gasteiger partial charge in [-0.25, -0.2) is 0 Å². The van der Waals surface area contributed by atoms with Gasteiger partial charge < -0.3 is 11.8 Å². The summed E-state index contributed by atoms with van der Waals surface area (Å²) in [5.41, 5.74) is 2.86. The average Bonchev–Trinajstić information content (AvgIpc) is 2.70. The molecule has 0 aliphatic heterocycles. The summed E-state index contributed by atoms with van der Waals surface area (Å²) in [5.74, 6) is -1.08. The molecule has 3 aromatic carbocycles. The van der Waals surface area contributed by atoms with E-state index < -0.39 is 11.8 Å². The van der Waals surface area contributed by atoms with Crippen LogP contribution in [-0.2, 0) is 0 Å². The van der Waals surface area contributed by atoms with Crippen LogP contribution in [0, 0.1) is 25.4 Å². The fourth-order valence-corrected chi connectivity index (χ4v) is 5.21. The molecule has 0 saturated heterocycles. The van der Waals surface area contributed by atoms with Crippen molar-refractivity contribution < 1.29 is 62.7 Å². The fraction of sp³-hybridized carbons (Fsp3) is 0.0909. The SMILES string of the molecule is Cc1cc(C(C#N)c2ccc(Cl)cc2)c(Cl)cc1NC(=O)c1cc(I)cc(I)c1O.[H-].[K+]. The van der Waals surface area contributed by atoms with Crippen molar-refractivity contribution in [3.05, 3.63) is 88.0 Å². The van der Waals surface area contributed by atoms with E-state index >= 15 is 0 Å². The molecule has 4 nitrogen and oxygen atoms in total. The first-order valence-electron chi connectivity index (χ1n) is 8.65. The summed E-state index contributed by atoms with van der Waals surface area (Å²) in [6.07, 6.45) is 0. The number of halogens is 4. The second-order valence-corrected chi connectivity index (χ2v) is 9.79. The van der Waals surface area contributed by atoms with Crippen LogP contribution in [0.4, 0.5) is 5.69 Å². The molecule has 9 heteroatoms. The van der Waals surface area contributed by atoms with Crippen molar-refractivity contribution in [2.45, 2.75) is 12.8 Å². The Labute approximate surface area is 261 Å². The van der Waals surface area contributed by atoms with E-state index in [2.05, 4.69) is 34.0 Å². The minimum absolute atomic E-state index is 0. The number of hydrogen-bond donors (Lipinski definition) is 2. The summed E-state index contributed by atoms with van der Waals surface area (Å²) >= 11 is 16.5. The van der Waals surface area contributed by atoms with Gasteiger partial charge in [0.1, 0.15) is 5.75 Å². The number of rotatable bonds is 4. The molecule has 1 amide bonds. The van der Waals surface area contributed by atoms with E-state index in [9.17, 15) is 15.2 Å². The Morgan fingerprint density at radius 1 is 1.16 bits per heavy atom. The van der Waals surface area contributed by atoms with E-state index in [-0.39, 0.29) is 64.1 Å². The van der Waals surface area contributed by atoms with Crippen molar-refractivity contribution in [1.82, 2.24) is 0 Å². The van der Waals surface area contributed by atoms with Crippen LogP contribution in [0.5, 0.6) is 5.75 Å². The number of carbonyl (C=O) groups is 1. The maximum absolute atomic E-state index is 12.7. The van der Waals surface area contributed by atoms with Crippen LogP contribution in [0.15, 0.2) is 48.5 Å². The summed E-state index contributed by atoms with van der Waals surface area (Å²) in [4.78, 5) is 12.7. The molecule has 0 radical (unpaired) electrons. The van der Waals surface area contributed by atoms with E-state index in [4.69, 9.17) is 23.2 Å². The molecule has 0 fully saturated rings. The molecule has 0 bridgehead atoms. The molecular weight excluding hydrogens is 688 g/mol. The van der Waals surface area contributed by atoms with E-state index in [0.29, 0.717) is 24.9 Å². The first kappa shape index (κ1) is 27.3. The zero-order valence-electron chi connectivity index (χ0n) is 17.5. The van der Waals surface area contributed by atoms with Gasteiger partial charge in [0, 0.05) is 19.3 Å². The third-order valence-electron chi connectivity index (χ3n) is 4.51.